The lowest BCUT2D eigenvalue weighted by molar-refractivity contribution is 0.0600. The van der Waals surface area contributed by atoms with Crippen molar-refractivity contribution in [2.45, 2.75) is 25.5 Å². The smallest absolute Gasteiger partial charge is 0.337 e. The van der Waals surface area contributed by atoms with E-state index in [1.54, 1.807) is 30.5 Å². The molecular weight excluding hydrogens is 250 g/mol. The fourth-order valence-corrected chi connectivity index (χ4v) is 1.62. The van der Waals surface area contributed by atoms with Crippen LogP contribution in [0, 0.1) is 0 Å². The Labute approximate surface area is 110 Å². The van der Waals surface area contributed by atoms with E-state index in [9.17, 15) is 9.35 Å². The van der Waals surface area contributed by atoms with Crippen LogP contribution >= 0.6 is 0 Å². The van der Waals surface area contributed by atoms with Crippen LogP contribution in [-0.4, -0.2) is 28.6 Å². The second-order valence-corrected chi connectivity index (χ2v) is 6.64. The second-order valence-electron chi connectivity index (χ2n) is 4.71. The molecule has 0 saturated carbocycles. The molecule has 1 rings (SSSR count). The molecule has 0 aliphatic rings. The van der Waals surface area contributed by atoms with Crippen LogP contribution in [0.3, 0.4) is 0 Å². The monoisotopic (exact) mass is 267 g/mol. The molecule has 1 aromatic carbocycles. The number of benzene rings is 1. The van der Waals surface area contributed by atoms with Gasteiger partial charge in [-0.3, -0.25) is 0 Å². The van der Waals surface area contributed by atoms with Gasteiger partial charge in [-0.2, -0.15) is 0 Å². The highest BCUT2D eigenvalue weighted by Gasteiger charge is 2.25. The van der Waals surface area contributed by atoms with Crippen LogP contribution in [-0.2, 0) is 16.1 Å². The summed E-state index contributed by atoms with van der Waals surface area (Å²) in [5, 5.41) is 0. The van der Waals surface area contributed by atoms with Gasteiger partial charge < -0.3 is 9.29 Å². The summed E-state index contributed by atoms with van der Waals surface area (Å²) in [6.45, 7) is 5.59. The average Bonchev–Trinajstić information content (AvgIpc) is 2.34. The van der Waals surface area contributed by atoms with Crippen LogP contribution in [0.4, 0.5) is 0 Å². The molecule has 0 bridgehead atoms. The van der Waals surface area contributed by atoms with Gasteiger partial charge in [0.15, 0.2) is 0 Å². The van der Waals surface area contributed by atoms with E-state index < -0.39 is 11.4 Å². The molecule has 0 heterocycles. The fraction of sp³-hybridized carbons (Fsp3) is 0.385. The van der Waals surface area contributed by atoms with Crippen molar-refractivity contribution in [1.82, 2.24) is 0 Å². The number of hydrogen-bond acceptors (Lipinski definition) is 4. The summed E-state index contributed by atoms with van der Waals surface area (Å²) in [6, 6.07) is 6.76. The summed E-state index contributed by atoms with van der Waals surface area (Å²) in [5.74, 6) is -0.378. The number of rotatable bonds is 3. The molecular formula is C13H17NO3S. The van der Waals surface area contributed by atoms with Gasteiger partial charge in [0.25, 0.3) is 0 Å². The number of carbonyl (C=O) groups excluding carboxylic acids is 1. The van der Waals surface area contributed by atoms with E-state index >= 15 is 0 Å². The van der Waals surface area contributed by atoms with E-state index in [0.29, 0.717) is 5.56 Å². The normalized spacial score (nSPS) is 13.6. The van der Waals surface area contributed by atoms with Crippen LogP contribution in [0.5, 0.6) is 0 Å². The molecule has 5 heteroatoms. The molecule has 0 radical (unpaired) electrons. The Kier molecular flexibility index (Phi) is 4.93. The zero-order chi connectivity index (χ0) is 13.8. The fourth-order valence-electron chi connectivity index (χ4n) is 1.09. The summed E-state index contributed by atoms with van der Waals surface area (Å²) < 4.78 is 19.9. The first kappa shape index (κ1) is 14.7. The maximum Gasteiger partial charge on any atom is 0.337 e. The third-order valence-electron chi connectivity index (χ3n) is 2.15. The number of nitrogens with zero attached hydrogens (tertiary/aromatic N) is 1. The van der Waals surface area contributed by atoms with Gasteiger partial charge in [0.05, 0.1) is 18.9 Å². The Morgan fingerprint density at radius 1 is 1.33 bits per heavy atom. The summed E-state index contributed by atoms with van der Waals surface area (Å²) in [6.07, 6.45) is 1.54. The van der Waals surface area contributed by atoms with Gasteiger partial charge >= 0.3 is 5.97 Å². The molecule has 4 nitrogen and oxygen atoms in total. The van der Waals surface area contributed by atoms with Crippen molar-refractivity contribution in [3.63, 3.8) is 0 Å². The second kappa shape index (κ2) is 6.02. The minimum absolute atomic E-state index is 0.373. The maximum absolute atomic E-state index is 11.7. The standard InChI is InChI=1S/C13H17NO3S/c1-13(2,3)18(16)14-9-10-5-7-11(8-6-10)12(15)17-4/h5-9H,1-4H3/t18-/m0/s1. The molecule has 0 unspecified atom stereocenters. The summed E-state index contributed by atoms with van der Waals surface area (Å²) >= 11 is -1.28. The minimum Gasteiger partial charge on any atom is -0.591 e. The Bertz CT molecular complexity index is 435. The van der Waals surface area contributed by atoms with E-state index in [4.69, 9.17) is 0 Å². The highest BCUT2D eigenvalue weighted by atomic mass is 32.2. The Morgan fingerprint density at radius 2 is 1.89 bits per heavy atom. The van der Waals surface area contributed by atoms with Gasteiger partial charge in [-0.1, -0.05) is 16.5 Å². The van der Waals surface area contributed by atoms with Crippen molar-refractivity contribution in [2.24, 2.45) is 4.40 Å². The van der Waals surface area contributed by atoms with Crippen LogP contribution in [0.2, 0.25) is 0 Å². The quantitative estimate of drug-likeness (QED) is 0.480. The van der Waals surface area contributed by atoms with Crippen LogP contribution in [0.15, 0.2) is 28.7 Å². The van der Waals surface area contributed by atoms with Gasteiger partial charge in [0.2, 0.25) is 0 Å². The average molecular weight is 267 g/mol. The lowest BCUT2D eigenvalue weighted by Gasteiger charge is -2.17. The topological polar surface area (TPSA) is 61.7 Å². The van der Waals surface area contributed by atoms with Crippen LogP contribution in [0.1, 0.15) is 36.7 Å². The lowest BCUT2D eigenvalue weighted by Crippen LogP contribution is -2.25. The summed E-state index contributed by atoms with van der Waals surface area (Å²) in [7, 11) is 1.34. The highest BCUT2D eigenvalue weighted by molar-refractivity contribution is 7.91. The third-order valence-corrected chi connectivity index (χ3v) is 3.50. The first-order valence-corrected chi connectivity index (χ1v) is 6.59. The van der Waals surface area contributed by atoms with Gasteiger partial charge in [-0.15, -0.1) is 0 Å². The largest absolute Gasteiger partial charge is 0.591 e. The number of hydrogen-bond donors (Lipinski definition) is 0. The third kappa shape index (κ3) is 4.16. The molecule has 18 heavy (non-hydrogen) atoms. The Morgan fingerprint density at radius 3 is 2.33 bits per heavy atom. The van der Waals surface area contributed by atoms with Crippen molar-refractivity contribution in [3.8, 4) is 0 Å². The Balaban J connectivity index is 2.75. The molecule has 0 fully saturated rings. The number of methoxy groups -OCH3 is 1. The highest BCUT2D eigenvalue weighted by Crippen LogP contribution is 2.16. The molecule has 0 saturated heterocycles. The number of esters is 1. The first-order chi connectivity index (χ1) is 8.34. The summed E-state index contributed by atoms with van der Waals surface area (Å²) in [4.78, 5) is 11.2. The van der Waals surface area contributed by atoms with E-state index in [1.807, 2.05) is 20.8 Å². The summed E-state index contributed by atoms with van der Waals surface area (Å²) in [5.41, 5.74) is 1.27. The molecule has 0 N–H and O–H groups in total. The Hall–Kier alpha value is -1.33. The lowest BCUT2D eigenvalue weighted by atomic mass is 10.1. The molecule has 0 aliphatic heterocycles. The first-order valence-electron chi connectivity index (χ1n) is 5.49. The molecule has 1 aromatic rings. The van der Waals surface area contributed by atoms with E-state index in [2.05, 4.69) is 9.13 Å². The van der Waals surface area contributed by atoms with Crippen molar-refractivity contribution >= 4 is 23.5 Å². The van der Waals surface area contributed by atoms with Gasteiger partial charge in [0.1, 0.15) is 16.1 Å². The number of ether oxygens (including phenoxy) is 1. The SMILES string of the molecule is COC(=O)c1ccc(C=N[S@@+]([O-])C(C)(C)C)cc1. The van der Waals surface area contributed by atoms with Crippen molar-refractivity contribution in [3.05, 3.63) is 35.4 Å². The van der Waals surface area contributed by atoms with Crippen molar-refractivity contribution in [1.29, 1.82) is 0 Å². The van der Waals surface area contributed by atoms with Crippen LogP contribution in [0.25, 0.3) is 0 Å². The van der Waals surface area contributed by atoms with E-state index in [1.165, 1.54) is 7.11 Å². The minimum atomic E-state index is -1.28. The molecule has 0 aliphatic carbocycles. The molecule has 0 aromatic heterocycles. The maximum atomic E-state index is 11.7. The zero-order valence-electron chi connectivity index (χ0n) is 11.0. The van der Waals surface area contributed by atoms with Gasteiger partial charge in [0, 0.05) is 0 Å². The molecule has 98 valence electrons. The predicted octanol–water partition coefficient (Wildman–Crippen LogP) is 2.35. The van der Waals surface area contributed by atoms with Crippen molar-refractivity contribution in [2.75, 3.05) is 7.11 Å². The molecule has 1 atom stereocenters. The van der Waals surface area contributed by atoms with Gasteiger partial charge in [-0.05, 0) is 38.5 Å². The number of carbonyl (C=O) groups is 1. The van der Waals surface area contributed by atoms with Crippen molar-refractivity contribution < 1.29 is 14.1 Å². The van der Waals surface area contributed by atoms with E-state index in [0.717, 1.165) is 5.56 Å². The molecule has 0 spiro atoms. The predicted molar refractivity (Wildman–Crippen MR) is 73.3 cm³/mol. The van der Waals surface area contributed by atoms with Crippen LogP contribution < -0.4 is 0 Å². The zero-order valence-corrected chi connectivity index (χ0v) is 11.8. The van der Waals surface area contributed by atoms with E-state index in [-0.39, 0.29) is 10.7 Å². The molecule has 0 amide bonds. The van der Waals surface area contributed by atoms with Gasteiger partial charge in [-0.25, -0.2) is 4.79 Å².